The minimum absolute atomic E-state index is 0.0291. The lowest BCUT2D eigenvalue weighted by atomic mass is 9.76. The van der Waals surface area contributed by atoms with Gasteiger partial charge in [0.05, 0.1) is 5.56 Å². The summed E-state index contributed by atoms with van der Waals surface area (Å²) < 4.78 is 88.5. The zero-order valence-corrected chi connectivity index (χ0v) is 20.5. The SMILES string of the molecule is CCCC1CCC(C(F)(F)Cc2ccc(-c3cc(F)c(-c4ccc(C)c(F)c4)c(F)c3)c(F)c2)CC1. The molecule has 0 spiro atoms. The van der Waals surface area contributed by atoms with E-state index >= 15 is 0 Å². The average Bonchev–Trinajstić information content (AvgIpc) is 2.81. The Morgan fingerprint density at radius 3 is 1.97 bits per heavy atom. The summed E-state index contributed by atoms with van der Waals surface area (Å²) in [5.74, 6) is -6.53. The second kappa shape index (κ2) is 10.7. The van der Waals surface area contributed by atoms with Gasteiger partial charge in [-0.25, -0.2) is 26.3 Å². The van der Waals surface area contributed by atoms with Gasteiger partial charge >= 0.3 is 0 Å². The number of rotatable bonds is 7. The average molecular weight is 505 g/mol. The number of aryl methyl sites for hydroxylation is 1. The van der Waals surface area contributed by atoms with Crippen molar-refractivity contribution in [2.45, 2.75) is 64.7 Å². The standard InChI is InChI=1S/C30H30F6/c1-3-4-19-6-10-23(11-7-19)30(35,36)17-20-8-12-24(26(32)13-20)22-15-27(33)29(28(34)16-22)21-9-5-18(2)25(31)14-21/h5,8-9,12-16,19,23H,3-4,6-7,10-11,17H2,1-2H3. The highest BCUT2D eigenvalue weighted by molar-refractivity contribution is 5.72. The lowest BCUT2D eigenvalue weighted by Gasteiger charge is -2.33. The molecule has 0 heterocycles. The van der Waals surface area contributed by atoms with Gasteiger partial charge in [-0.3, -0.25) is 0 Å². The van der Waals surface area contributed by atoms with Gasteiger partial charge in [0.2, 0.25) is 0 Å². The summed E-state index contributed by atoms with van der Waals surface area (Å²) in [5.41, 5.74) is -0.0601. The van der Waals surface area contributed by atoms with E-state index in [4.69, 9.17) is 0 Å². The maximum Gasteiger partial charge on any atom is 0.254 e. The van der Waals surface area contributed by atoms with Crippen LogP contribution in [0.5, 0.6) is 0 Å². The van der Waals surface area contributed by atoms with Crippen LogP contribution in [0.25, 0.3) is 22.3 Å². The Morgan fingerprint density at radius 2 is 1.39 bits per heavy atom. The Morgan fingerprint density at radius 1 is 0.750 bits per heavy atom. The van der Waals surface area contributed by atoms with Crippen molar-refractivity contribution in [2.75, 3.05) is 0 Å². The molecule has 0 saturated heterocycles. The van der Waals surface area contributed by atoms with E-state index in [0.29, 0.717) is 24.3 Å². The Hall–Kier alpha value is -2.76. The van der Waals surface area contributed by atoms with Gasteiger partial charge in [0.1, 0.15) is 23.3 Å². The highest BCUT2D eigenvalue weighted by Gasteiger charge is 2.41. The molecule has 0 atom stereocenters. The van der Waals surface area contributed by atoms with Gasteiger partial charge in [0.25, 0.3) is 5.92 Å². The summed E-state index contributed by atoms with van der Waals surface area (Å²) in [6.45, 7) is 3.64. The van der Waals surface area contributed by atoms with Crippen LogP contribution in [-0.4, -0.2) is 5.92 Å². The van der Waals surface area contributed by atoms with E-state index in [1.54, 1.807) is 0 Å². The van der Waals surface area contributed by atoms with Gasteiger partial charge in [0.15, 0.2) is 0 Å². The lowest BCUT2D eigenvalue weighted by molar-refractivity contribution is -0.0746. The van der Waals surface area contributed by atoms with Gasteiger partial charge in [-0.2, -0.15) is 0 Å². The molecule has 0 amide bonds. The monoisotopic (exact) mass is 504 g/mol. The first kappa shape index (κ1) is 26.3. The van der Waals surface area contributed by atoms with E-state index in [-0.39, 0.29) is 22.3 Å². The molecule has 6 heteroatoms. The quantitative estimate of drug-likeness (QED) is 0.281. The van der Waals surface area contributed by atoms with Gasteiger partial charge in [-0.05, 0) is 85.0 Å². The van der Waals surface area contributed by atoms with Crippen LogP contribution in [-0.2, 0) is 6.42 Å². The maximum absolute atomic E-state index is 15.0. The molecule has 0 bridgehead atoms. The molecular formula is C30H30F6. The third-order valence-electron chi connectivity index (χ3n) is 7.43. The van der Waals surface area contributed by atoms with Crippen LogP contribution in [0.15, 0.2) is 48.5 Å². The molecule has 0 radical (unpaired) electrons. The van der Waals surface area contributed by atoms with Crippen molar-refractivity contribution in [1.82, 2.24) is 0 Å². The van der Waals surface area contributed by atoms with E-state index in [2.05, 4.69) is 6.92 Å². The first-order chi connectivity index (χ1) is 17.1. The fraction of sp³-hybridized carbons (Fsp3) is 0.400. The van der Waals surface area contributed by atoms with Crippen LogP contribution in [0.4, 0.5) is 26.3 Å². The molecule has 0 unspecified atom stereocenters. The van der Waals surface area contributed by atoms with E-state index in [1.807, 2.05) is 0 Å². The molecule has 192 valence electrons. The summed E-state index contributed by atoms with van der Waals surface area (Å²) in [4.78, 5) is 0. The van der Waals surface area contributed by atoms with Crippen LogP contribution >= 0.6 is 0 Å². The molecule has 1 fully saturated rings. The van der Waals surface area contributed by atoms with E-state index < -0.39 is 47.1 Å². The van der Waals surface area contributed by atoms with E-state index in [1.165, 1.54) is 31.2 Å². The lowest BCUT2D eigenvalue weighted by Crippen LogP contribution is -2.34. The number of alkyl halides is 2. The summed E-state index contributed by atoms with van der Waals surface area (Å²) in [7, 11) is 0. The Balaban J connectivity index is 1.53. The fourth-order valence-corrected chi connectivity index (χ4v) is 5.35. The molecule has 0 N–H and O–H groups in total. The summed E-state index contributed by atoms with van der Waals surface area (Å²) in [6, 6.07) is 9.49. The predicted molar refractivity (Wildman–Crippen MR) is 131 cm³/mol. The van der Waals surface area contributed by atoms with Crippen molar-refractivity contribution in [3.63, 3.8) is 0 Å². The molecule has 1 saturated carbocycles. The molecule has 3 aromatic carbocycles. The first-order valence-electron chi connectivity index (χ1n) is 12.5. The van der Waals surface area contributed by atoms with Crippen LogP contribution in [0.1, 0.15) is 56.6 Å². The molecule has 36 heavy (non-hydrogen) atoms. The van der Waals surface area contributed by atoms with Crippen LogP contribution in [0.2, 0.25) is 0 Å². The van der Waals surface area contributed by atoms with E-state index in [9.17, 15) is 26.3 Å². The Kier molecular flexibility index (Phi) is 7.82. The van der Waals surface area contributed by atoms with Gasteiger partial charge in [0, 0.05) is 17.9 Å². The van der Waals surface area contributed by atoms with Crippen LogP contribution < -0.4 is 0 Å². The van der Waals surface area contributed by atoms with Crippen molar-refractivity contribution < 1.29 is 26.3 Å². The second-order valence-electron chi connectivity index (χ2n) is 10.0. The molecular weight excluding hydrogens is 474 g/mol. The van der Waals surface area contributed by atoms with Gasteiger partial charge in [-0.15, -0.1) is 0 Å². The molecule has 0 nitrogen and oxygen atoms in total. The fourth-order valence-electron chi connectivity index (χ4n) is 5.35. The van der Waals surface area contributed by atoms with Crippen molar-refractivity contribution in [3.05, 3.63) is 82.9 Å². The molecule has 0 aromatic heterocycles. The van der Waals surface area contributed by atoms with Crippen molar-refractivity contribution in [2.24, 2.45) is 11.8 Å². The number of hydrogen-bond acceptors (Lipinski definition) is 0. The topological polar surface area (TPSA) is 0 Å². The molecule has 0 aliphatic heterocycles. The third-order valence-corrected chi connectivity index (χ3v) is 7.43. The molecule has 1 aliphatic carbocycles. The van der Waals surface area contributed by atoms with Crippen LogP contribution in [0, 0.1) is 42.0 Å². The number of hydrogen-bond donors (Lipinski definition) is 0. The number of halogens is 6. The van der Waals surface area contributed by atoms with Crippen LogP contribution in [0.3, 0.4) is 0 Å². The smallest absolute Gasteiger partial charge is 0.207 e. The van der Waals surface area contributed by atoms with E-state index in [0.717, 1.165) is 49.9 Å². The summed E-state index contributed by atoms with van der Waals surface area (Å²) in [5, 5.41) is 0. The molecule has 4 rings (SSSR count). The largest absolute Gasteiger partial charge is 0.254 e. The zero-order valence-electron chi connectivity index (χ0n) is 20.5. The highest BCUT2D eigenvalue weighted by Crippen LogP contribution is 2.42. The second-order valence-corrected chi connectivity index (χ2v) is 10.0. The maximum atomic E-state index is 15.0. The minimum atomic E-state index is -2.95. The normalized spacial score (nSPS) is 18.4. The third kappa shape index (κ3) is 5.63. The Labute approximate surface area is 208 Å². The zero-order chi connectivity index (χ0) is 26.0. The van der Waals surface area contributed by atoms with Crippen molar-refractivity contribution >= 4 is 0 Å². The number of benzene rings is 3. The summed E-state index contributed by atoms with van der Waals surface area (Å²) in [6.07, 6.45) is 4.07. The molecule has 3 aromatic rings. The highest BCUT2D eigenvalue weighted by atomic mass is 19.3. The first-order valence-corrected chi connectivity index (χ1v) is 12.5. The Bertz CT molecular complexity index is 1200. The van der Waals surface area contributed by atoms with Crippen molar-refractivity contribution in [3.8, 4) is 22.3 Å². The predicted octanol–water partition coefficient (Wildman–Crippen LogP) is 9.67. The molecule has 1 aliphatic rings. The summed E-state index contributed by atoms with van der Waals surface area (Å²) >= 11 is 0. The van der Waals surface area contributed by atoms with Crippen molar-refractivity contribution in [1.29, 1.82) is 0 Å². The van der Waals surface area contributed by atoms with Gasteiger partial charge in [-0.1, -0.05) is 44.0 Å². The minimum Gasteiger partial charge on any atom is -0.207 e. The van der Waals surface area contributed by atoms with Gasteiger partial charge < -0.3 is 0 Å².